The van der Waals surface area contributed by atoms with Crippen LogP contribution in [0, 0.1) is 6.92 Å². The standard InChI is InChI=1S/C18H17N5O2/c1-12(20-21-17(24)14-7-6-10-19-11-14)16-13(2)22-23(18(16)25)15-8-4-3-5-9-15/h3-11,22H,1-2H3,(H,21,24)/b20-12+. The minimum atomic E-state index is -0.385. The number of carbonyl (C=O) groups is 1. The Morgan fingerprint density at radius 1 is 1.20 bits per heavy atom. The molecule has 7 heteroatoms. The quantitative estimate of drug-likeness (QED) is 0.564. The average Bonchev–Trinajstić information content (AvgIpc) is 2.95. The molecule has 0 aliphatic heterocycles. The zero-order chi connectivity index (χ0) is 17.8. The van der Waals surface area contributed by atoms with Gasteiger partial charge in [-0.1, -0.05) is 18.2 Å². The van der Waals surface area contributed by atoms with E-state index in [-0.39, 0.29) is 11.5 Å². The second-order valence-corrected chi connectivity index (χ2v) is 5.47. The highest BCUT2D eigenvalue weighted by molar-refractivity contribution is 6.01. The van der Waals surface area contributed by atoms with Crippen LogP contribution in [-0.4, -0.2) is 26.4 Å². The lowest BCUT2D eigenvalue weighted by Gasteiger charge is -2.01. The third-order valence-electron chi connectivity index (χ3n) is 3.70. The molecule has 0 saturated heterocycles. The van der Waals surface area contributed by atoms with Crippen molar-refractivity contribution in [2.24, 2.45) is 5.10 Å². The van der Waals surface area contributed by atoms with E-state index < -0.39 is 0 Å². The van der Waals surface area contributed by atoms with Gasteiger partial charge in [0.1, 0.15) is 0 Å². The van der Waals surface area contributed by atoms with E-state index in [4.69, 9.17) is 0 Å². The van der Waals surface area contributed by atoms with E-state index >= 15 is 0 Å². The van der Waals surface area contributed by atoms with E-state index in [2.05, 4.69) is 20.6 Å². The molecular formula is C18H17N5O2. The lowest BCUT2D eigenvalue weighted by molar-refractivity contribution is 0.0954. The summed E-state index contributed by atoms with van der Waals surface area (Å²) in [6, 6.07) is 12.6. The highest BCUT2D eigenvalue weighted by atomic mass is 16.2. The normalized spacial score (nSPS) is 11.4. The number of para-hydroxylation sites is 1. The van der Waals surface area contributed by atoms with Crippen LogP contribution in [0.2, 0.25) is 0 Å². The van der Waals surface area contributed by atoms with Gasteiger partial charge in [0.05, 0.1) is 22.5 Å². The maximum atomic E-state index is 12.7. The Balaban J connectivity index is 1.88. The Bertz CT molecular complexity index is 972. The van der Waals surface area contributed by atoms with Crippen molar-refractivity contribution in [1.29, 1.82) is 0 Å². The van der Waals surface area contributed by atoms with Crippen LogP contribution < -0.4 is 11.0 Å². The number of nitrogens with zero attached hydrogens (tertiary/aromatic N) is 3. The van der Waals surface area contributed by atoms with Crippen LogP contribution in [0.25, 0.3) is 5.69 Å². The summed E-state index contributed by atoms with van der Waals surface area (Å²) in [5.41, 5.74) is 4.87. The number of H-pyrrole nitrogens is 1. The largest absolute Gasteiger partial charge is 0.295 e. The molecule has 126 valence electrons. The van der Waals surface area contributed by atoms with E-state index in [1.54, 1.807) is 32.2 Å². The maximum Gasteiger partial charge on any atom is 0.280 e. The van der Waals surface area contributed by atoms with Crippen molar-refractivity contribution in [1.82, 2.24) is 20.2 Å². The number of aryl methyl sites for hydroxylation is 1. The number of aromatic amines is 1. The van der Waals surface area contributed by atoms with Crippen LogP contribution in [-0.2, 0) is 0 Å². The zero-order valence-corrected chi connectivity index (χ0v) is 13.9. The van der Waals surface area contributed by atoms with Gasteiger partial charge in [0, 0.05) is 18.1 Å². The summed E-state index contributed by atoms with van der Waals surface area (Å²) < 4.78 is 1.45. The molecule has 0 saturated carbocycles. The van der Waals surface area contributed by atoms with Gasteiger partial charge in [0.25, 0.3) is 11.5 Å². The minimum Gasteiger partial charge on any atom is -0.295 e. The van der Waals surface area contributed by atoms with Gasteiger partial charge in [0.15, 0.2) is 0 Å². The lowest BCUT2D eigenvalue weighted by atomic mass is 10.2. The minimum absolute atomic E-state index is 0.222. The summed E-state index contributed by atoms with van der Waals surface area (Å²) in [5, 5.41) is 7.09. The average molecular weight is 335 g/mol. The maximum absolute atomic E-state index is 12.7. The van der Waals surface area contributed by atoms with Crippen LogP contribution in [0.4, 0.5) is 0 Å². The Morgan fingerprint density at radius 3 is 2.64 bits per heavy atom. The molecule has 0 aliphatic rings. The predicted octanol–water partition coefficient (Wildman–Crippen LogP) is 2.02. The molecule has 2 N–H and O–H groups in total. The first-order chi connectivity index (χ1) is 12.1. The Morgan fingerprint density at radius 2 is 1.96 bits per heavy atom. The predicted molar refractivity (Wildman–Crippen MR) is 95.0 cm³/mol. The molecule has 7 nitrogen and oxygen atoms in total. The Labute approximate surface area is 144 Å². The van der Waals surface area contributed by atoms with Crippen molar-refractivity contribution in [2.75, 3.05) is 0 Å². The molecule has 0 bridgehead atoms. The van der Waals surface area contributed by atoms with E-state index in [0.717, 1.165) is 5.69 Å². The fraction of sp³-hybridized carbons (Fsp3) is 0.111. The smallest absolute Gasteiger partial charge is 0.280 e. The van der Waals surface area contributed by atoms with Crippen molar-refractivity contribution in [2.45, 2.75) is 13.8 Å². The number of carbonyl (C=O) groups excluding carboxylic acids is 1. The summed E-state index contributed by atoms with van der Waals surface area (Å²) in [6.07, 6.45) is 3.03. The number of rotatable bonds is 4. The summed E-state index contributed by atoms with van der Waals surface area (Å²) >= 11 is 0. The molecule has 25 heavy (non-hydrogen) atoms. The highest BCUT2D eigenvalue weighted by Gasteiger charge is 2.15. The molecule has 3 aromatic rings. The number of nitrogens with one attached hydrogen (secondary N) is 2. The number of amides is 1. The van der Waals surface area contributed by atoms with Gasteiger partial charge in [0.2, 0.25) is 0 Å². The van der Waals surface area contributed by atoms with Crippen LogP contribution in [0.1, 0.15) is 28.5 Å². The Hall–Kier alpha value is -3.48. The van der Waals surface area contributed by atoms with Gasteiger partial charge in [-0.15, -0.1) is 0 Å². The van der Waals surface area contributed by atoms with E-state index in [1.165, 1.54) is 10.9 Å². The first-order valence-electron chi connectivity index (χ1n) is 7.70. The number of hydrogen-bond donors (Lipinski definition) is 2. The summed E-state index contributed by atoms with van der Waals surface area (Å²) in [4.78, 5) is 28.6. The van der Waals surface area contributed by atoms with Crippen LogP contribution in [0.5, 0.6) is 0 Å². The van der Waals surface area contributed by atoms with Crippen LogP contribution in [0.3, 0.4) is 0 Å². The molecular weight excluding hydrogens is 318 g/mol. The molecule has 0 unspecified atom stereocenters. The molecule has 0 atom stereocenters. The van der Waals surface area contributed by atoms with Gasteiger partial charge < -0.3 is 0 Å². The second kappa shape index (κ2) is 6.96. The number of aromatic nitrogens is 3. The van der Waals surface area contributed by atoms with E-state index in [9.17, 15) is 9.59 Å². The van der Waals surface area contributed by atoms with Crippen LogP contribution in [0.15, 0.2) is 64.8 Å². The molecule has 0 fully saturated rings. The fourth-order valence-electron chi connectivity index (χ4n) is 2.48. The molecule has 2 heterocycles. The van der Waals surface area contributed by atoms with Gasteiger partial charge in [-0.2, -0.15) is 5.10 Å². The van der Waals surface area contributed by atoms with Crippen molar-refractivity contribution >= 4 is 11.6 Å². The van der Waals surface area contributed by atoms with Gasteiger partial charge in [-0.05, 0) is 38.1 Å². The topological polar surface area (TPSA) is 92.1 Å². The van der Waals surface area contributed by atoms with Crippen LogP contribution >= 0.6 is 0 Å². The molecule has 1 aromatic carbocycles. The molecule has 2 aromatic heterocycles. The first-order valence-corrected chi connectivity index (χ1v) is 7.70. The van der Waals surface area contributed by atoms with E-state index in [0.29, 0.717) is 22.5 Å². The summed E-state index contributed by atoms with van der Waals surface area (Å²) in [5.74, 6) is -0.385. The third-order valence-corrected chi connectivity index (χ3v) is 3.70. The zero-order valence-electron chi connectivity index (χ0n) is 13.9. The van der Waals surface area contributed by atoms with Gasteiger partial charge in [-0.25, -0.2) is 10.1 Å². The second-order valence-electron chi connectivity index (χ2n) is 5.47. The highest BCUT2D eigenvalue weighted by Crippen LogP contribution is 2.07. The molecule has 0 radical (unpaired) electrons. The number of hydrazone groups is 1. The van der Waals surface area contributed by atoms with Crippen molar-refractivity contribution in [3.63, 3.8) is 0 Å². The molecule has 3 rings (SSSR count). The van der Waals surface area contributed by atoms with Gasteiger partial charge >= 0.3 is 0 Å². The first kappa shape index (κ1) is 16.4. The lowest BCUT2D eigenvalue weighted by Crippen LogP contribution is -2.23. The van der Waals surface area contributed by atoms with Crippen molar-refractivity contribution < 1.29 is 4.79 Å². The van der Waals surface area contributed by atoms with Gasteiger partial charge in [-0.3, -0.25) is 19.7 Å². The third kappa shape index (κ3) is 3.40. The number of benzene rings is 1. The van der Waals surface area contributed by atoms with Crippen molar-refractivity contribution in [3.05, 3.63) is 82.0 Å². The summed E-state index contributed by atoms with van der Waals surface area (Å²) in [6.45, 7) is 3.47. The molecule has 0 aliphatic carbocycles. The summed E-state index contributed by atoms with van der Waals surface area (Å²) in [7, 11) is 0. The fourth-order valence-corrected chi connectivity index (χ4v) is 2.48. The van der Waals surface area contributed by atoms with Crippen molar-refractivity contribution in [3.8, 4) is 5.69 Å². The number of hydrogen-bond acceptors (Lipinski definition) is 4. The molecule has 1 amide bonds. The SMILES string of the molecule is C/C(=N\NC(=O)c1cccnc1)c1c(C)[nH]n(-c2ccccc2)c1=O. The number of pyridine rings is 1. The molecule has 0 spiro atoms. The monoisotopic (exact) mass is 335 g/mol. The Kier molecular flexibility index (Phi) is 4.56. The van der Waals surface area contributed by atoms with E-state index in [1.807, 2.05) is 30.3 Å².